The highest BCUT2D eigenvalue weighted by atomic mass is 19.1. The largest absolute Gasteiger partial charge is 0.386 e. The Morgan fingerprint density at radius 1 is 0.947 bits per heavy atom. The van der Waals surface area contributed by atoms with E-state index >= 15 is 0 Å². The second-order valence-electron chi connectivity index (χ2n) is 10.8. The lowest BCUT2D eigenvalue weighted by Crippen LogP contribution is -2.34. The topological polar surface area (TPSA) is 87.1 Å². The zero-order valence-corrected chi connectivity index (χ0v) is 21.5. The van der Waals surface area contributed by atoms with Gasteiger partial charge in [0, 0.05) is 29.4 Å². The molecule has 4 heterocycles. The second-order valence-corrected chi connectivity index (χ2v) is 10.8. The average Bonchev–Trinajstić information content (AvgIpc) is 3.75. The first-order valence-electron chi connectivity index (χ1n) is 13.1. The molecule has 0 atom stereocenters. The van der Waals surface area contributed by atoms with Crippen molar-refractivity contribution < 1.29 is 13.9 Å². The Morgan fingerprint density at radius 2 is 1.74 bits per heavy atom. The molecule has 9 heteroatoms. The van der Waals surface area contributed by atoms with Crippen molar-refractivity contribution in [2.24, 2.45) is 0 Å². The van der Waals surface area contributed by atoms with E-state index in [9.17, 15) is 13.9 Å². The molecule has 1 aliphatic heterocycles. The Kier molecular flexibility index (Phi) is 6.28. The molecule has 6 rings (SSSR count). The molecule has 1 saturated heterocycles. The van der Waals surface area contributed by atoms with Gasteiger partial charge in [-0.1, -0.05) is 6.07 Å². The third-order valence-corrected chi connectivity index (χ3v) is 7.57. The van der Waals surface area contributed by atoms with E-state index in [1.165, 1.54) is 30.7 Å². The molecule has 3 aromatic heterocycles. The Bertz CT molecular complexity index is 1480. The van der Waals surface area contributed by atoms with Crippen molar-refractivity contribution in [2.45, 2.75) is 57.1 Å². The van der Waals surface area contributed by atoms with E-state index in [4.69, 9.17) is 0 Å². The van der Waals surface area contributed by atoms with E-state index in [0.29, 0.717) is 22.7 Å². The van der Waals surface area contributed by atoms with E-state index in [2.05, 4.69) is 36.2 Å². The Morgan fingerprint density at radius 3 is 2.42 bits per heavy atom. The van der Waals surface area contributed by atoms with E-state index in [1.807, 2.05) is 12.3 Å². The molecular formula is C29H30F2N6O. The van der Waals surface area contributed by atoms with Gasteiger partial charge in [-0.2, -0.15) is 0 Å². The number of piperidine rings is 1. The van der Waals surface area contributed by atoms with Gasteiger partial charge in [-0.05, 0) is 93.9 Å². The predicted octanol–water partition coefficient (Wildman–Crippen LogP) is 5.68. The molecule has 2 N–H and O–H groups in total. The number of hydrogen-bond acceptors (Lipinski definition) is 7. The van der Waals surface area contributed by atoms with Gasteiger partial charge in [0.15, 0.2) is 5.82 Å². The number of rotatable bonds is 6. The molecule has 0 amide bonds. The highest BCUT2D eigenvalue weighted by Crippen LogP contribution is 2.35. The summed E-state index contributed by atoms with van der Waals surface area (Å²) in [6.07, 6.45) is 9.35. The number of nitrogens with one attached hydrogen (secondary N) is 1. The average molecular weight is 517 g/mol. The predicted molar refractivity (Wildman–Crippen MR) is 142 cm³/mol. The number of fused-ring (bicyclic) bond motifs is 1. The van der Waals surface area contributed by atoms with Crippen molar-refractivity contribution in [1.29, 1.82) is 0 Å². The molecule has 2 aliphatic rings. The third-order valence-electron chi connectivity index (χ3n) is 7.57. The van der Waals surface area contributed by atoms with Gasteiger partial charge in [-0.15, -0.1) is 0 Å². The molecule has 196 valence electrons. The summed E-state index contributed by atoms with van der Waals surface area (Å²) in [6.45, 7) is 5.50. The highest BCUT2D eigenvalue weighted by Gasteiger charge is 2.32. The van der Waals surface area contributed by atoms with Crippen molar-refractivity contribution in [3.05, 3.63) is 71.7 Å². The van der Waals surface area contributed by atoms with E-state index < -0.39 is 17.2 Å². The van der Waals surface area contributed by atoms with Gasteiger partial charge in [0.2, 0.25) is 5.95 Å². The molecule has 2 fully saturated rings. The number of hydrogen-bond donors (Lipinski definition) is 2. The summed E-state index contributed by atoms with van der Waals surface area (Å²) in [7, 11) is 0. The Labute approximate surface area is 220 Å². The number of nitrogens with zero attached hydrogens (tertiary/aromatic N) is 5. The normalized spacial score (nSPS) is 17.2. The van der Waals surface area contributed by atoms with Crippen LogP contribution in [-0.2, 0) is 5.60 Å². The Hall–Kier alpha value is -3.56. The van der Waals surface area contributed by atoms with Gasteiger partial charge in [0.05, 0.1) is 11.8 Å². The lowest BCUT2D eigenvalue weighted by atomic mass is 9.90. The van der Waals surface area contributed by atoms with Gasteiger partial charge in [-0.25, -0.2) is 23.7 Å². The zero-order chi connectivity index (χ0) is 26.4. The minimum absolute atomic E-state index is 0.0621. The zero-order valence-electron chi connectivity index (χ0n) is 21.5. The van der Waals surface area contributed by atoms with Crippen LogP contribution in [0.4, 0.5) is 20.5 Å². The maximum absolute atomic E-state index is 15.0. The fourth-order valence-corrected chi connectivity index (χ4v) is 5.38. The summed E-state index contributed by atoms with van der Waals surface area (Å²) in [5, 5.41) is 14.0. The van der Waals surface area contributed by atoms with Gasteiger partial charge in [0.1, 0.15) is 22.8 Å². The van der Waals surface area contributed by atoms with Crippen molar-refractivity contribution in [3.63, 3.8) is 0 Å². The van der Waals surface area contributed by atoms with Crippen LogP contribution >= 0.6 is 0 Å². The van der Waals surface area contributed by atoms with Gasteiger partial charge in [-0.3, -0.25) is 4.98 Å². The molecule has 38 heavy (non-hydrogen) atoms. The molecule has 1 saturated carbocycles. The van der Waals surface area contributed by atoms with Crippen LogP contribution in [0.15, 0.2) is 48.9 Å². The van der Waals surface area contributed by atoms with Crippen LogP contribution < -0.4 is 5.32 Å². The van der Waals surface area contributed by atoms with Crippen LogP contribution in [-0.4, -0.2) is 49.1 Å². The number of benzene rings is 1. The van der Waals surface area contributed by atoms with E-state index in [0.717, 1.165) is 38.2 Å². The molecule has 7 nitrogen and oxygen atoms in total. The monoisotopic (exact) mass is 516 g/mol. The minimum atomic E-state index is -1.24. The van der Waals surface area contributed by atoms with E-state index in [-0.39, 0.29) is 22.7 Å². The quantitative estimate of drug-likeness (QED) is 0.341. The number of pyridine rings is 2. The lowest BCUT2D eigenvalue weighted by molar-refractivity contribution is 0.0801. The van der Waals surface area contributed by atoms with Gasteiger partial charge in [0.25, 0.3) is 0 Å². The van der Waals surface area contributed by atoms with Crippen LogP contribution in [0, 0.1) is 11.6 Å². The number of anilines is 2. The van der Waals surface area contributed by atoms with Gasteiger partial charge >= 0.3 is 0 Å². The molecule has 0 bridgehead atoms. The number of aromatic nitrogens is 4. The van der Waals surface area contributed by atoms with Crippen molar-refractivity contribution in [1.82, 2.24) is 24.8 Å². The minimum Gasteiger partial charge on any atom is -0.386 e. The summed E-state index contributed by atoms with van der Waals surface area (Å²) in [5.74, 6) is -0.125. The lowest BCUT2D eigenvalue weighted by Gasteiger charge is -2.32. The number of likely N-dealkylation sites (tertiary alicyclic amines) is 1. The first-order valence-corrected chi connectivity index (χ1v) is 13.1. The first kappa shape index (κ1) is 24.8. The molecular weight excluding hydrogens is 486 g/mol. The van der Waals surface area contributed by atoms with Crippen LogP contribution in [0.1, 0.15) is 56.6 Å². The summed E-state index contributed by atoms with van der Waals surface area (Å²) < 4.78 is 29.8. The van der Waals surface area contributed by atoms with E-state index in [1.54, 1.807) is 26.0 Å². The van der Waals surface area contributed by atoms with Crippen molar-refractivity contribution >= 4 is 22.7 Å². The molecule has 0 radical (unpaired) electrons. The molecule has 1 aromatic carbocycles. The summed E-state index contributed by atoms with van der Waals surface area (Å²) in [6, 6.07) is 9.18. The maximum Gasteiger partial charge on any atom is 0.229 e. The summed E-state index contributed by atoms with van der Waals surface area (Å²) in [5.41, 5.74) is 0.719. The standard InChI is InChI=1S/C29H30F2N6O/c1-29(2,38)22-7-10-32-27-21(22)13-19(14-23(27)30)26-24(31)16-34-28(36-26)35-25-6-3-18(15-33-25)17-8-11-37(12-9-17)20-4-5-20/h3,6-7,10,13-17,20,38H,4-5,8-9,11-12H2,1-2H3,(H,33,34,35,36). The maximum atomic E-state index is 15.0. The third kappa shape index (κ3) is 4.96. The van der Waals surface area contributed by atoms with Crippen LogP contribution in [0.2, 0.25) is 0 Å². The van der Waals surface area contributed by atoms with Crippen molar-refractivity contribution in [3.8, 4) is 11.3 Å². The summed E-state index contributed by atoms with van der Waals surface area (Å²) in [4.78, 5) is 19.6. The number of aliphatic hydroxyl groups is 1. The second kappa shape index (κ2) is 9.63. The molecule has 1 aliphatic carbocycles. The molecule has 0 unspecified atom stereocenters. The van der Waals surface area contributed by atoms with Gasteiger partial charge < -0.3 is 15.3 Å². The molecule has 4 aromatic rings. The number of halogens is 2. The van der Waals surface area contributed by atoms with Crippen LogP contribution in [0.3, 0.4) is 0 Å². The fourth-order valence-electron chi connectivity index (χ4n) is 5.38. The first-order chi connectivity index (χ1) is 18.3. The van der Waals surface area contributed by atoms with Crippen molar-refractivity contribution in [2.75, 3.05) is 18.4 Å². The smallest absolute Gasteiger partial charge is 0.229 e. The van der Waals surface area contributed by atoms with Crippen LogP contribution in [0.5, 0.6) is 0 Å². The Balaban J connectivity index is 1.24. The SMILES string of the molecule is CC(C)(O)c1ccnc2c(F)cc(-c3nc(Nc4ccc(C5CCN(C6CC6)CC5)cn4)ncc3F)cc12. The van der Waals surface area contributed by atoms with Crippen LogP contribution in [0.25, 0.3) is 22.2 Å². The fraction of sp³-hybridized carbons (Fsp3) is 0.379. The summed E-state index contributed by atoms with van der Waals surface area (Å²) >= 11 is 0. The molecule has 0 spiro atoms. The highest BCUT2D eigenvalue weighted by molar-refractivity contribution is 5.88.